The van der Waals surface area contributed by atoms with Gasteiger partial charge in [0.1, 0.15) is 0 Å². The molecule has 2 nitrogen and oxygen atoms in total. The second-order valence-electron chi connectivity index (χ2n) is 5.34. The van der Waals surface area contributed by atoms with Gasteiger partial charge in [-0.05, 0) is 67.1 Å². The first kappa shape index (κ1) is 15.2. The van der Waals surface area contributed by atoms with E-state index in [0.29, 0.717) is 0 Å². The minimum absolute atomic E-state index is 0.120. The van der Waals surface area contributed by atoms with E-state index in [2.05, 4.69) is 78.5 Å². The van der Waals surface area contributed by atoms with Crippen LogP contribution in [0.3, 0.4) is 0 Å². The van der Waals surface area contributed by atoms with Gasteiger partial charge in [0.2, 0.25) is 0 Å². The number of benzene rings is 2. The van der Waals surface area contributed by atoms with Crippen molar-refractivity contribution in [1.82, 2.24) is 5.43 Å². The second kappa shape index (κ2) is 6.53. The molecule has 0 aromatic heterocycles. The molecule has 0 spiro atoms. The van der Waals surface area contributed by atoms with Gasteiger partial charge in [-0.2, -0.15) is 0 Å². The monoisotopic (exact) mass is 332 g/mol. The molecule has 3 heteroatoms. The third-order valence-corrected chi connectivity index (χ3v) is 4.32. The third kappa shape index (κ3) is 3.48. The number of hydrogen-bond donors (Lipinski definition) is 2. The molecule has 106 valence electrons. The zero-order chi connectivity index (χ0) is 14.7. The Kier molecular flexibility index (Phi) is 4.97. The molecule has 2 rings (SSSR count). The number of halogens is 1. The summed E-state index contributed by atoms with van der Waals surface area (Å²) in [7, 11) is 0. The fraction of sp³-hybridized carbons (Fsp3) is 0.294. The lowest BCUT2D eigenvalue weighted by molar-refractivity contribution is 0.549. The summed E-state index contributed by atoms with van der Waals surface area (Å²) in [6.07, 6.45) is 0.884. The van der Waals surface area contributed by atoms with Crippen LogP contribution in [0.4, 0.5) is 0 Å². The molecule has 0 aliphatic heterocycles. The van der Waals surface area contributed by atoms with Crippen molar-refractivity contribution in [3.05, 3.63) is 68.7 Å². The molecule has 0 aliphatic rings. The first-order valence-electron chi connectivity index (χ1n) is 6.79. The van der Waals surface area contributed by atoms with Crippen molar-refractivity contribution < 1.29 is 0 Å². The van der Waals surface area contributed by atoms with Crippen LogP contribution < -0.4 is 11.3 Å². The average Bonchev–Trinajstić information content (AvgIpc) is 2.43. The van der Waals surface area contributed by atoms with Crippen LogP contribution in [0, 0.1) is 20.8 Å². The van der Waals surface area contributed by atoms with Gasteiger partial charge in [0.15, 0.2) is 0 Å². The van der Waals surface area contributed by atoms with E-state index < -0.39 is 0 Å². The fourth-order valence-electron chi connectivity index (χ4n) is 2.41. The van der Waals surface area contributed by atoms with E-state index in [1.54, 1.807) is 0 Å². The number of hydrogen-bond acceptors (Lipinski definition) is 2. The minimum atomic E-state index is 0.120. The Labute approximate surface area is 129 Å². The molecule has 2 aromatic rings. The van der Waals surface area contributed by atoms with Crippen molar-refractivity contribution in [2.24, 2.45) is 5.84 Å². The van der Waals surface area contributed by atoms with Gasteiger partial charge in [-0.1, -0.05) is 40.2 Å². The van der Waals surface area contributed by atoms with E-state index in [9.17, 15) is 0 Å². The maximum atomic E-state index is 5.77. The van der Waals surface area contributed by atoms with E-state index in [0.717, 1.165) is 10.9 Å². The standard InChI is InChI=1S/C17H21BrN2/c1-11-4-6-14(8-13(11)3)9-17(20-19)16-10-15(18)7-5-12(16)2/h4-8,10,17,20H,9,19H2,1-3H3. The average molecular weight is 333 g/mol. The Morgan fingerprint density at radius 3 is 2.35 bits per heavy atom. The third-order valence-electron chi connectivity index (χ3n) is 3.83. The summed E-state index contributed by atoms with van der Waals surface area (Å²) in [5, 5.41) is 0. The molecule has 1 unspecified atom stereocenters. The first-order chi connectivity index (χ1) is 9.51. The molecule has 0 fully saturated rings. The number of nitrogens with one attached hydrogen (secondary N) is 1. The number of aryl methyl sites for hydroxylation is 3. The van der Waals surface area contributed by atoms with Crippen molar-refractivity contribution >= 4 is 15.9 Å². The van der Waals surface area contributed by atoms with Gasteiger partial charge in [0.25, 0.3) is 0 Å². The maximum absolute atomic E-state index is 5.77. The van der Waals surface area contributed by atoms with E-state index in [1.165, 1.54) is 27.8 Å². The van der Waals surface area contributed by atoms with Crippen molar-refractivity contribution in [2.45, 2.75) is 33.2 Å². The van der Waals surface area contributed by atoms with Crippen molar-refractivity contribution in [3.63, 3.8) is 0 Å². The Morgan fingerprint density at radius 2 is 1.70 bits per heavy atom. The van der Waals surface area contributed by atoms with Gasteiger partial charge >= 0.3 is 0 Å². The molecule has 1 atom stereocenters. The molecular weight excluding hydrogens is 312 g/mol. The number of nitrogens with two attached hydrogens (primary N) is 1. The first-order valence-corrected chi connectivity index (χ1v) is 7.59. The van der Waals surface area contributed by atoms with Gasteiger partial charge in [-0.3, -0.25) is 11.3 Å². The second-order valence-corrected chi connectivity index (χ2v) is 6.26. The molecule has 0 saturated heterocycles. The van der Waals surface area contributed by atoms with Crippen molar-refractivity contribution in [3.8, 4) is 0 Å². The Bertz CT molecular complexity index is 608. The zero-order valence-electron chi connectivity index (χ0n) is 12.2. The Balaban J connectivity index is 2.28. The Morgan fingerprint density at radius 1 is 1.00 bits per heavy atom. The fourth-order valence-corrected chi connectivity index (χ4v) is 2.79. The minimum Gasteiger partial charge on any atom is -0.271 e. The molecule has 0 bridgehead atoms. The van der Waals surface area contributed by atoms with Crippen LogP contribution in [0.1, 0.15) is 33.9 Å². The van der Waals surface area contributed by atoms with Crippen LogP contribution in [0.15, 0.2) is 40.9 Å². The predicted octanol–water partition coefficient (Wildman–Crippen LogP) is 4.12. The summed E-state index contributed by atoms with van der Waals surface area (Å²) in [4.78, 5) is 0. The van der Waals surface area contributed by atoms with Crippen LogP contribution in [0.2, 0.25) is 0 Å². The molecule has 0 radical (unpaired) electrons. The van der Waals surface area contributed by atoms with E-state index in [4.69, 9.17) is 5.84 Å². The van der Waals surface area contributed by atoms with Gasteiger partial charge in [0, 0.05) is 4.47 Å². The molecule has 3 N–H and O–H groups in total. The maximum Gasteiger partial charge on any atom is 0.0503 e. The van der Waals surface area contributed by atoms with Crippen LogP contribution in [-0.2, 0) is 6.42 Å². The van der Waals surface area contributed by atoms with Gasteiger partial charge in [-0.25, -0.2) is 0 Å². The SMILES string of the molecule is Cc1ccc(CC(NN)c2cc(Br)ccc2C)cc1C. The van der Waals surface area contributed by atoms with E-state index >= 15 is 0 Å². The van der Waals surface area contributed by atoms with E-state index in [-0.39, 0.29) is 6.04 Å². The highest BCUT2D eigenvalue weighted by Gasteiger charge is 2.13. The van der Waals surface area contributed by atoms with Gasteiger partial charge in [-0.15, -0.1) is 0 Å². The molecule has 0 saturated carbocycles. The Hall–Kier alpha value is -1.16. The lowest BCUT2D eigenvalue weighted by Crippen LogP contribution is -2.30. The number of hydrazine groups is 1. The summed E-state index contributed by atoms with van der Waals surface area (Å²) >= 11 is 3.53. The van der Waals surface area contributed by atoms with Crippen molar-refractivity contribution in [1.29, 1.82) is 0 Å². The van der Waals surface area contributed by atoms with Crippen LogP contribution in [0.5, 0.6) is 0 Å². The molecule has 0 aliphatic carbocycles. The normalized spacial score (nSPS) is 12.4. The highest BCUT2D eigenvalue weighted by molar-refractivity contribution is 9.10. The summed E-state index contributed by atoms with van der Waals surface area (Å²) in [5.74, 6) is 5.77. The highest BCUT2D eigenvalue weighted by Crippen LogP contribution is 2.25. The summed E-state index contributed by atoms with van der Waals surface area (Å²) in [6.45, 7) is 6.40. The van der Waals surface area contributed by atoms with Crippen LogP contribution >= 0.6 is 15.9 Å². The lowest BCUT2D eigenvalue weighted by atomic mass is 9.94. The summed E-state index contributed by atoms with van der Waals surface area (Å²) in [5.41, 5.74) is 9.38. The topological polar surface area (TPSA) is 38.0 Å². The van der Waals surface area contributed by atoms with E-state index in [1.807, 2.05) is 0 Å². The number of rotatable bonds is 4. The molecule has 0 heterocycles. The lowest BCUT2D eigenvalue weighted by Gasteiger charge is -2.19. The predicted molar refractivity (Wildman–Crippen MR) is 88.6 cm³/mol. The van der Waals surface area contributed by atoms with Gasteiger partial charge < -0.3 is 0 Å². The largest absolute Gasteiger partial charge is 0.271 e. The quantitative estimate of drug-likeness (QED) is 0.652. The summed E-state index contributed by atoms with van der Waals surface area (Å²) < 4.78 is 1.08. The summed E-state index contributed by atoms with van der Waals surface area (Å²) in [6, 6.07) is 13.0. The van der Waals surface area contributed by atoms with Crippen LogP contribution in [-0.4, -0.2) is 0 Å². The van der Waals surface area contributed by atoms with Crippen LogP contribution in [0.25, 0.3) is 0 Å². The molecule has 0 amide bonds. The molecule has 2 aromatic carbocycles. The van der Waals surface area contributed by atoms with Crippen molar-refractivity contribution in [2.75, 3.05) is 0 Å². The molecular formula is C17H21BrN2. The highest BCUT2D eigenvalue weighted by atomic mass is 79.9. The molecule has 20 heavy (non-hydrogen) atoms. The zero-order valence-corrected chi connectivity index (χ0v) is 13.8. The smallest absolute Gasteiger partial charge is 0.0503 e. The van der Waals surface area contributed by atoms with Gasteiger partial charge in [0.05, 0.1) is 6.04 Å².